The molecule has 3 aromatic carbocycles. The Morgan fingerprint density at radius 1 is 0.780 bits per heavy atom. The zero-order chi connectivity index (χ0) is 30.0. The summed E-state index contributed by atoms with van der Waals surface area (Å²) in [4.78, 5) is 29.8. The van der Waals surface area contributed by atoms with Gasteiger partial charge < -0.3 is 28.4 Å². The summed E-state index contributed by atoms with van der Waals surface area (Å²) in [5.41, 5.74) is 1.17. The molecule has 1 atom stereocenters. The first-order chi connectivity index (χ1) is 19.6. The highest BCUT2D eigenvalue weighted by atomic mass is 16.6. The normalized spacial score (nSPS) is 12.4. The lowest BCUT2D eigenvalue weighted by molar-refractivity contribution is -0.156. The van der Waals surface area contributed by atoms with E-state index >= 15 is 0 Å². The lowest BCUT2D eigenvalue weighted by Crippen LogP contribution is -2.27. The predicted molar refractivity (Wildman–Crippen MR) is 156 cm³/mol. The molecule has 0 aliphatic rings. The first kappa shape index (κ1) is 30.7. The fraction of sp³-hybridized carbons (Fsp3) is 0.281. The van der Waals surface area contributed by atoms with E-state index in [0.29, 0.717) is 39.7 Å². The highest BCUT2D eigenvalue weighted by molar-refractivity contribution is 5.91. The second-order valence-corrected chi connectivity index (χ2v) is 9.74. The number of nitrogens with zero attached hydrogens (tertiary/aromatic N) is 1. The van der Waals surface area contributed by atoms with Gasteiger partial charge in [-0.1, -0.05) is 30.3 Å². The van der Waals surface area contributed by atoms with E-state index in [9.17, 15) is 9.59 Å². The number of ether oxygens (including phenoxy) is 6. The first-order valence-corrected chi connectivity index (χ1v) is 12.8. The molecule has 3 rings (SSSR count). The maximum absolute atomic E-state index is 13.0. The Morgan fingerprint density at radius 2 is 1.41 bits per heavy atom. The monoisotopic (exact) mass is 561 g/mol. The van der Waals surface area contributed by atoms with Crippen molar-refractivity contribution < 1.29 is 38.0 Å². The van der Waals surface area contributed by atoms with Crippen LogP contribution in [0.5, 0.6) is 23.0 Å². The van der Waals surface area contributed by atoms with Gasteiger partial charge in [0.15, 0.2) is 29.0 Å². The van der Waals surface area contributed by atoms with E-state index in [-0.39, 0.29) is 5.76 Å². The largest absolute Gasteiger partial charge is 0.493 e. The van der Waals surface area contributed by atoms with Crippen molar-refractivity contribution in [3.63, 3.8) is 0 Å². The summed E-state index contributed by atoms with van der Waals surface area (Å²) in [6, 6.07) is 18.6. The molecule has 41 heavy (non-hydrogen) atoms. The standard InChI is InChI=1S/C32H35NO8/c1-32(2,3)41-31(35)30(22-11-9-8-10-12-22)33-20-21-13-15-25(37-5)28(17-21)40-26(19-29(34)39-7)23-14-16-24(36-4)27(18-23)38-6/h8-20,30H,1-7H3/b26-19+,33-20?/t30-/m0/s1. The molecule has 0 amide bonds. The Kier molecular flexibility index (Phi) is 10.5. The number of methoxy groups -OCH3 is 4. The van der Waals surface area contributed by atoms with Crippen LogP contribution in [0.3, 0.4) is 0 Å². The van der Waals surface area contributed by atoms with E-state index in [4.69, 9.17) is 28.4 Å². The van der Waals surface area contributed by atoms with Gasteiger partial charge in [0.2, 0.25) is 0 Å². The summed E-state index contributed by atoms with van der Waals surface area (Å²) in [5.74, 6) is 0.770. The number of rotatable bonds is 11. The molecule has 9 nitrogen and oxygen atoms in total. The summed E-state index contributed by atoms with van der Waals surface area (Å²) >= 11 is 0. The number of hydrogen-bond acceptors (Lipinski definition) is 9. The van der Waals surface area contributed by atoms with Gasteiger partial charge in [0.05, 0.1) is 34.5 Å². The summed E-state index contributed by atoms with van der Waals surface area (Å²) < 4.78 is 32.9. The van der Waals surface area contributed by atoms with Gasteiger partial charge in [-0.05, 0) is 68.3 Å². The van der Waals surface area contributed by atoms with Crippen molar-refractivity contribution in [2.24, 2.45) is 4.99 Å². The molecule has 0 saturated carbocycles. The molecule has 0 unspecified atom stereocenters. The van der Waals surface area contributed by atoms with E-state index in [1.165, 1.54) is 34.5 Å². The third kappa shape index (κ3) is 8.60. The van der Waals surface area contributed by atoms with Gasteiger partial charge in [0, 0.05) is 11.8 Å². The maximum Gasteiger partial charge on any atom is 0.336 e. The average Bonchev–Trinajstić information content (AvgIpc) is 2.96. The molecule has 0 radical (unpaired) electrons. The number of aliphatic imine (C=N–C) groups is 1. The van der Waals surface area contributed by atoms with Crippen LogP contribution >= 0.6 is 0 Å². The molecule has 216 valence electrons. The third-order valence-corrected chi connectivity index (χ3v) is 5.64. The SMILES string of the molecule is COC(=O)/C=C(/Oc1cc(C=N[C@H](C(=O)OC(C)(C)C)c2ccccc2)ccc1OC)c1ccc(OC)c(OC)c1. The molecule has 0 spiro atoms. The van der Waals surface area contributed by atoms with Gasteiger partial charge in [-0.3, -0.25) is 4.99 Å². The Morgan fingerprint density at radius 3 is 2.02 bits per heavy atom. The summed E-state index contributed by atoms with van der Waals surface area (Å²) in [5, 5.41) is 0. The zero-order valence-corrected chi connectivity index (χ0v) is 24.3. The molecule has 0 aromatic heterocycles. The third-order valence-electron chi connectivity index (χ3n) is 5.64. The van der Waals surface area contributed by atoms with Crippen LogP contribution in [0, 0.1) is 0 Å². The molecule has 0 heterocycles. The minimum atomic E-state index is -0.872. The average molecular weight is 562 g/mol. The molecular formula is C32H35NO8. The summed E-state index contributed by atoms with van der Waals surface area (Å²) in [7, 11) is 5.82. The maximum atomic E-state index is 13.0. The van der Waals surface area contributed by atoms with Gasteiger partial charge in [0.1, 0.15) is 11.4 Å². The second kappa shape index (κ2) is 14.0. The van der Waals surface area contributed by atoms with Crippen LogP contribution in [-0.2, 0) is 19.1 Å². The topological polar surface area (TPSA) is 102 Å². The van der Waals surface area contributed by atoms with Crippen molar-refractivity contribution in [2.75, 3.05) is 28.4 Å². The summed E-state index contributed by atoms with van der Waals surface area (Å²) in [6.07, 6.45) is 2.78. The van der Waals surface area contributed by atoms with Crippen molar-refractivity contribution in [1.82, 2.24) is 0 Å². The van der Waals surface area contributed by atoms with Crippen LogP contribution in [0.1, 0.15) is 43.5 Å². The Bertz CT molecular complexity index is 1410. The number of hydrogen-bond donors (Lipinski definition) is 0. The Hall–Kier alpha value is -4.79. The van der Waals surface area contributed by atoms with E-state index in [1.807, 2.05) is 51.1 Å². The molecular weight excluding hydrogens is 526 g/mol. The van der Waals surface area contributed by atoms with Crippen LogP contribution in [0.2, 0.25) is 0 Å². The van der Waals surface area contributed by atoms with Crippen molar-refractivity contribution >= 4 is 23.9 Å². The van der Waals surface area contributed by atoms with Gasteiger partial charge in [-0.2, -0.15) is 0 Å². The summed E-state index contributed by atoms with van der Waals surface area (Å²) in [6.45, 7) is 5.42. The molecule has 0 N–H and O–H groups in total. The van der Waals surface area contributed by atoms with Crippen molar-refractivity contribution in [3.05, 3.63) is 89.5 Å². The first-order valence-electron chi connectivity index (χ1n) is 12.8. The van der Waals surface area contributed by atoms with Crippen LogP contribution in [0.4, 0.5) is 0 Å². The minimum Gasteiger partial charge on any atom is -0.493 e. The number of carbonyl (C=O) groups is 2. The second-order valence-electron chi connectivity index (χ2n) is 9.74. The fourth-order valence-corrected chi connectivity index (χ4v) is 3.74. The van der Waals surface area contributed by atoms with Crippen LogP contribution in [-0.4, -0.2) is 52.2 Å². The van der Waals surface area contributed by atoms with E-state index < -0.39 is 23.6 Å². The Balaban J connectivity index is 2.01. The predicted octanol–water partition coefficient (Wildman–Crippen LogP) is 5.81. The smallest absolute Gasteiger partial charge is 0.336 e. The van der Waals surface area contributed by atoms with Crippen LogP contribution in [0.25, 0.3) is 5.76 Å². The van der Waals surface area contributed by atoms with Crippen molar-refractivity contribution in [3.8, 4) is 23.0 Å². The number of carbonyl (C=O) groups excluding carboxylic acids is 2. The number of esters is 2. The van der Waals surface area contributed by atoms with Gasteiger partial charge in [-0.15, -0.1) is 0 Å². The highest BCUT2D eigenvalue weighted by Gasteiger charge is 2.26. The molecule has 0 fully saturated rings. The lowest BCUT2D eigenvalue weighted by atomic mass is 10.1. The zero-order valence-electron chi connectivity index (χ0n) is 24.3. The van der Waals surface area contributed by atoms with E-state index in [1.54, 1.807) is 42.6 Å². The minimum absolute atomic E-state index is 0.182. The molecule has 0 aliphatic heterocycles. The van der Waals surface area contributed by atoms with Crippen LogP contribution in [0.15, 0.2) is 77.8 Å². The van der Waals surface area contributed by atoms with Gasteiger partial charge in [0.25, 0.3) is 0 Å². The molecule has 0 saturated heterocycles. The fourth-order valence-electron chi connectivity index (χ4n) is 3.74. The molecule has 9 heteroatoms. The lowest BCUT2D eigenvalue weighted by Gasteiger charge is -2.22. The molecule has 0 aliphatic carbocycles. The van der Waals surface area contributed by atoms with Gasteiger partial charge in [-0.25, -0.2) is 9.59 Å². The van der Waals surface area contributed by atoms with Crippen LogP contribution < -0.4 is 18.9 Å². The molecule has 0 bridgehead atoms. The van der Waals surface area contributed by atoms with Gasteiger partial charge >= 0.3 is 11.9 Å². The van der Waals surface area contributed by atoms with E-state index in [0.717, 1.165) is 0 Å². The quantitative estimate of drug-likeness (QED) is 0.125. The Labute approximate surface area is 240 Å². The van der Waals surface area contributed by atoms with Crippen molar-refractivity contribution in [1.29, 1.82) is 0 Å². The van der Waals surface area contributed by atoms with Crippen molar-refractivity contribution in [2.45, 2.75) is 32.4 Å². The highest BCUT2D eigenvalue weighted by Crippen LogP contribution is 2.35. The number of benzene rings is 3. The molecule has 3 aromatic rings. The van der Waals surface area contributed by atoms with E-state index in [2.05, 4.69) is 4.99 Å².